The minimum atomic E-state index is -0.502. The van der Waals surface area contributed by atoms with Gasteiger partial charge in [0.2, 0.25) is 0 Å². The van der Waals surface area contributed by atoms with Crippen molar-refractivity contribution in [2.24, 2.45) is 0 Å². The molecule has 58 valence electrons. The molecule has 0 atom stereocenters. The zero-order valence-electron chi connectivity index (χ0n) is 5.57. The summed E-state index contributed by atoms with van der Waals surface area (Å²) in [5, 5.41) is 6.89. The zero-order chi connectivity index (χ0) is 8.43. The first kappa shape index (κ1) is 8.20. The van der Waals surface area contributed by atoms with Gasteiger partial charge in [0.05, 0.1) is 5.69 Å². The Labute approximate surface area is 71.9 Å². The van der Waals surface area contributed by atoms with Gasteiger partial charge in [-0.05, 0) is 12.1 Å². The lowest BCUT2D eigenvalue weighted by Crippen LogP contribution is -1.96. The van der Waals surface area contributed by atoms with Gasteiger partial charge in [-0.15, -0.1) is 0 Å². The lowest BCUT2D eigenvalue weighted by Gasteiger charge is -2.00. The van der Waals surface area contributed by atoms with Crippen LogP contribution in [-0.2, 0) is 0 Å². The maximum atomic E-state index is 12.8. The van der Waals surface area contributed by atoms with Gasteiger partial charge >= 0.3 is 0 Å². The summed E-state index contributed by atoms with van der Waals surface area (Å²) in [4.78, 5) is 0. The van der Waals surface area contributed by atoms with Gasteiger partial charge in [-0.2, -0.15) is 0 Å². The molecule has 0 aliphatic carbocycles. The largest absolute Gasteiger partial charge is 0.396 e. The van der Waals surface area contributed by atoms with E-state index in [-0.39, 0.29) is 5.69 Å². The summed E-state index contributed by atoms with van der Waals surface area (Å²) in [6.45, 7) is 0. The third kappa shape index (κ3) is 1.57. The van der Waals surface area contributed by atoms with Crippen molar-refractivity contribution in [3.63, 3.8) is 0 Å². The van der Waals surface area contributed by atoms with Crippen LogP contribution in [0, 0.1) is 11.2 Å². The number of nitrogens with two attached hydrogens (primary N) is 1. The molecule has 0 bridgehead atoms. The fourth-order valence-electron chi connectivity index (χ4n) is 0.724. The molecule has 0 radical (unpaired) electrons. The van der Waals surface area contributed by atoms with Crippen molar-refractivity contribution in [2.45, 2.75) is 0 Å². The number of nitrogen functional groups attached to an aromatic ring is 1. The number of hydrogen-bond acceptors (Lipinski definition) is 2. The number of nitrogens with one attached hydrogen (secondary N) is 1. The molecule has 2 nitrogen and oxygen atoms in total. The van der Waals surface area contributed by atoms with E-state index in [4.69, 9.17) is 11.1 Å². The highest BCUT2D eigenvalue weighted by Gasteiger charge is 2.03. The number of benzene rings is 1. The maximum Gasteiger partial charge on any atom is 0.147 e. The zero-order valence-corrected chi connectivity index (χ0v) is 7.15. The average Bonchev–Trinajstić information content (AvgIpc) is 1.96. The van der Waals surface area contributed by atoms with Gasteiger partial charge in [0.1, 0.15) is 5.82 Å². The predicted molar refractivity (Wildman–Crippen MR) is 46.4 cm³/mol. The van der Waals surface area contributed by atoms with Crippen LogP contribution < -0.4 is 5.73 Å². The summed E-state index contributed by atoms with van der Waals surface area (Å²) in [6.07, 6.45) is 1.02. The third-order valence-electron chi connectivity index (χ3n) is 1.28. The molecule has 0 amide bonds. The van der Waals surface area contributed by atoms with Crippen molar-refractivity contribution in [3.8, 4) is 0 Å². The lowest BCUT2D eigenvalue weighted by atomic mass is 10.2. The van der Waals surface area contributed by atoms with Crippen LogP contribution in [0.5, 0.6) is 0 Å². The Morgan fingerprint density at radius 3 is 2.73 bits per heavy atom. The van der Waals surface area contributed by atoms with E-state index in [1.54, 1.807) is 6.07 Å². The van der Waals surface area contributed by atoms with Crippen molar-refractivity contribution < 1.29 is 4.39 Å². The Kier molecular flexibility index (Phi) is 2.24. The second kappa shape index (κ2) is 3.00. The summed E-state index contributed by atoms with van der Waals surface area (Å²) in [5.74, 6) is -0.502. The molecule has 1 aromatic rings. The van der Waals surface area contributed by atoms with Gasteiger partial charge in [0.25, 0.3) is 0 Å². The molecule has 1 rings (SSSR count). The molecule has 1 aromatic carbocycles. The summed E-state index contributed by atoms with van der Waals surface area (Å²) in [7, 11) is 0. The first-order valence-corrected chi connectivity index (χ1v) is 3.69. The van der Waals surface area contributed by atoms with Gasteiger partial charge in [0.15, 0.2) is 0 Å². The molecule has 0 spiro atoms. The van der Waals surface area contributed by atoms with E-state index in [9.17, 15) is 4.39 Å². The molecule has 0 aromatic heterocycles. The average molecular weight is 217 g/mol. The summed E-state index contributed by atoms with van der Waals surface area (Å²) in [6, 6.07) is 2.85. The van der Waals surface area contributed by atoms with Crippen LogP contribution in [0.1, 0.15) is 5.56 Å². The molecule has 0 aliphatic heterocycles. The molecule has 4 heteroatoms. The summed E-state index contributed by atoms with van der Waals surface area (Å²) in [5.41, 5.74) is 5.72. The minimum Gasteiger partial charge on any atom is -0.396 e. The molecule has 0 heterocycles. The van der Waals surface area contributed by atoms with Crippen LogP contribution in [0.4, 0.5) is 10.1 Å². The molecular formula is C7H6BrFN2. The smallest absolute Gasteiger partial charge is 0.147 e. The Hall–Kier alpha value is -0.900. The highest BCUT2D eigenvalue weighted by atomic mass is 79.9. The SMILES string of the molecule is N=Cc1cc(Br)cc(F)c1N. The van der Waals surface area contributed by atoms with E-state index in [0.29, 0.717) is 10.0 Å². The Bertz CT molecular complexity index is 299. The van der Waals surface area contributed by atoms with Crippen molar-refractivity contribution in [3.05, 3.63) is 28.0 Å². The third-order valence-corrected chi connectivity index (χ3v) is 1.74. The van der Waals surface area contributed by atoms with Crippen molar-refractivity contribution in [1.29, 1.82) is 5.41 Å². The van der Waals surface area contributed by atoms with Crippen LogP contribution in [-0.4, -0.2) is 6.21 Å². The number of anilines is 1. The van der Waals surface area contributed by atoms with Gasteiger partial charge in [-0.25, -0.2) is 4.39 Å². The van der Waals surface area contributed by atoms with E-state index in [2.05, 4.69) is 15.9 Å². The molecule has 11 heavy (non-hydrogen) atoms. The van der Waals surface area contributed by atoms with Crippen LogP contribution in [0.2, 0.25) is 0 Å². The van der Waals surface area contributed by atoms with Crippen molar-refractivity contribution in [2.75, 3.05) is 5.73 Å². The molecule has 3 N–H and O–H groups in total. The molecule has 0 unspecified atom stereocenters. The van der Waals surface area contributed by atoms with E-state index >= 15 is 0 Å². The standard InChI is InChI=1S/C7H6BrFN2/c8-5-1-4(3-10)7(11)6(9)2-5/h1-3,10H,11H2. The normalized spacial score (nSPS) is 9.64. The highest BCUT2D eigenvalue weighted by molar-refractivity contribution is 9.10. The first-order chi connectivity index (χ1) is 5.15. The topological polar surface area (TPSA) is 49.9 Å². The fourth-order valence-corrected chi connectivity index (χ4v) is 1.17. The van der Waals surface area contributed by atoms with Gasteiger partial charge in [-0.3, -0.25) is 0 Å². The number of halogens is 2. The van der Waals surface area contributed by atoms with Crippen LogP contribution in [0.15, 0.2) is 16.6 Å². The van der Waals surface area contributed by atoms with Gasteiger partial charge in [0, 0.05) is 16.3 Å². The van der Waals surface area contributed by atoms with Crippen LogP contribution >= 0.6 is 15.9 Å². The van der Waals surface area contributed by atoms with E-state index in [1.165, 1.54) is 6.07 Å². The second-order valence-corrected chi connectivity index (χ2v) is 2.95. The Morgan fingerprint density at radius 1 is 1.55 bits per heavy atom. The molecular weight excluding hydrogens is 211 g/mol. The fraction of sp³-hybridized carbons (Fsp3) is 0. The first-order valence-electron chi connectivity index (χ1n) is 2.90. The molecule has 0 fully saturated rings. The van der Waals surface area contributed by atoms with E-state index in [1.807, 2.05) is 0 Å². The van der Waals surface area contributed by atoms with Crippen molar-refractivity contribution in [1.82, 2.24) is 0 Å². The molecule has 0 aliphatic rings. The Morgan fingerprint density at radius 2 is 2.18 bits per heavy atom. The summed E-state index contributed by atoms with van der Waals surface area (Å²) < 4.78 is 13.4. The Balaban J connectivity index is 3.35. The molecule has 0 saturated heterocycles. The highest BCUT2D eigenvalue weighted by Crippen LogP contribution is 2.20. The molecule has 0 saturated carbocycles. The van der Waals surface area contributed by atoms with Gasteiger partial charge < -0.3 is 11.1 Å². The van der Waals surface area contributed by atoms with E-state index in [0.717, 1.165) is 6.21 Å². The second-order valence-electron chi connectivity index (χ2n) is 2.03. The van der Waals surface area contributed by atoms with E-state index < -0.39 is 5.82 Å². The maximum absolute atomic E-state index is 12.8. The summed E-state index contributed by atoms with van der Waals surface area (Å²) >= 11 is 3.09. The van der Waals surface area contributed by atoms with Crippen LogP contribution in [0.3, 0.4) is 0 Å². The number of hydrogen-bond donors (Lipinski definition) is 2. The minimum absolute atomic E-state index is 0.0169. The van der Waals surface area contributed by atoms with Crippen LogP contribution in [0.25, 0.3) is 0 Å². The quantitative estimate of drug-likeness (QED) is 0.549. The van der Waals surface area contributed by atoms with Crippen molar-refractivity contribution >= 4 is 27.8 Å². The predicted octanol–water partition coefficient (Wildman–Crippen LogP) is 2.17. The van der Waals surface area contributed by atoms with Gasteiger partial charge in [-0.1, -0.05) is 15.9 Å². The number of rotatable bonds is 1. The monoisotopic (exact) mass is 216 g/mol. The lowest BCUT2D eigenvalue weighted by molar-refractivity contribution is 0.631.